The van der Waals surface area contributed by atoms with E-state index in [0.717, 1.165) is 13.0 Å². The van der Waals surface area contributed by atoms with Gasteiger partial charge in [0.25, 0.3) is 0 Å². The van der Waals surface area contributed by atoms with Crippen LogP contribution in [0.2, 0.25) is 0 Å². The first kappa shape index (κ1) is 13.4. The van der Waals surface area contributed by atoms with Gasteiger partial charge in [-0.3, -0.25) is 0 Å². The van der Waals surface area contributed by atoms with E-state index < -0.39 is 0 Å². The highest BCUT2D eigenvalue weighted by Gasteiger charge is 2.12. The van der Waals surface area contributed by atoms with Crippen LogP contribution >= 0.6 is 11.3 Å². The summed E-state index contributed by atoms with van der Waals surface area (Å²) < 4.78 is 0. The lowest BCUT2D eigenvalue weighted by molar-refractivity contribution is 0.949. The molecule has 1 aromatic heterocycles. The van der Waals surface area contributed by atoms with Gasteiger partial charge in [-0.05, 0) is 37.5 Å². The zero-order valence-electron chi connectivity index (χ0n) is 11.9. The van der Waals surface area contributed by atoms with Crippen molar-refractivity contribution in [1.29, 1.82) is 0 Å². The Hall–Kier alpha value is -1.55. The average Bonchev–Trinajstić information content (AvgIpc) is 3.17. The monoisotopic (exact) mass is 287 g/mol. The minimum absolute atomic E-state index is 0.862. The summed E-state index contributed by atoms with van der Waals surface area (Å²) in [4.78, 5) is 8.16. The average molecular weight is 287 g/mol. The Bertz CT molecular complexity index is 558. The molecule has 4 heteroatoms. The second-order valence-corrected chi connectivity index (χ2v) is 6.37. The Morgan fingerprint density at radius 3 is 2.90 bits per heavy atom. The van der Waals surface area contributed by atoms with Gasteiger partial charge in [0.15, 0.2) is 0 Å². The third kappa shape index (κ3) is 3.12. The van der Waals surface area contributed by atoms with Crippen molar-refractivity contribution < 1.29 is 0 Å². The Kier molecular flexibility index (Phi) is 4.21. The van der Waals surface area contributed by atoms with Gasteiger partial charge in [0.1, 0.15) is 0 Å². The van der Waals surface area contributed by atoms with Crippen molar-refractivity contribution in [3.05, 3.63) is 40.3 Å². The number of hydrogen-bond donors (Lipinski definition) is 1. The van der Waals surface area contributed by atoms with Gasteiger partial charge >= 0.3 is 0 Å². The molecule has 0 atom stereocenters. The predicted octanol–water partition coefficient (Wildman–Crippen LogP) is 3.92. The zero-order valence-corrected chi connectivity index (χ0v) is 12.7. The molecule has 0 saturated carbocycles. The fourth-order valence-electron chi connectivity index (χ4n) is 2.57. The summed E-state index contributed by atoms with van der Waals surface area (Å²) in [6.07, 6.45) is 5.65. The summed E-state index contributed by atoms with van der Waals surface area (Å²) in [7, 11) is 0. The van der Waals surface area contributed by atoms with E-state index >= 15 is 0 Å². The van der Waals surface area contributed by atoms with Crippen molar-refractivity contribution in [2.24, 2.45) is 0 Å². The molecule has 0 aliphatic carbocycles. The number of aromatic nitrogens is 1. The van der Waals surface area contributed by atoms with Crippen LogP contribution in [0.1, 0.15) is 29.7 Å². The topological polar surface area (TPSA) is 28.2 Å². The van der Waals surface area contributed by atoms with E-state index in [0.29, 0.717) is 0 Å². The summed E-state index contributed by atoms with van der Waals surface area (Å²) in [5.74, 6) is 0. The molecule has 0 spiro atoms. The van der Waals surface area contributed by atoms with Crippen LogP contribution in [0.3, 0.4) is 0 Å². The van der Waals surface area contributed by atoms with E-state index in [1.807, 2.05) is 6.20 Å². The molecule has 1 saturated heterocycles. The van der Waals surface area contributed by atoms with Crippen LogP contribution in [0.15, 0.2) is 30.5 Å². The summed E-state index contributed by atoms with van der Waals surface area (Å²) in [5.41, 5.74) is 2.53. The maximum Gasteiger partial charge on any atom is 0.0925 e. The van der Waals surface area contributed by atoms with Crippen molar-refractivity contribution in [3.63, 3.8) is 0 Å². The zero-order chi connectivity index (χ0) is 13.8. The fraction of sp³-hybridized carbons (Fsp3) is 0.438. The molecule has 2 heterocycles. The van der Waals surface area contributed by atoms with Crippen molar-refractivity contribution in [1.82, 2.24) is 4.98 Å². The van der Waals surface area contributed by atoms with Gasteiger partial charge in [0.05, 0.1) is 11.6 Å². The molecule has 1 aliphatic heterocycles. The minimum atomic E-state index is 0.862. The van der Waals surface area contributed by atoms with Crippen molar-refractivity contribution in [2.75, 3.05) is 23.3 Å². The molecular formula is C16H21N3S. The van der Waals surface area contributed by atoms with E-state index in [1.165, 1.54) is 47.2 Å². The lowest BCUT2D eigenvalue weighted by Gasteiger charge is -2.18. The SMILES string of the molecule is CCc1ncc(CNc2cccc(N3CCCC3)c2)s1. The largest absolute Gasteiger partial charge is 0.380 e. The summed E-state index contributed by atoms with van der Waals surface area (Å²) in [6.45, 7) is 5.40. The van der Waals surface area contributed by atoms with E-state index in [9.17, 15) is 0 Å². The third-order valence-corrected chi connectivity index (χ3v) is 4.83. The van der Waals surface area contributed by atoms with Gasteiger partial charge in [0.2, 0.25) is 0 Å². The van der Waals surface area contributed by atoms with Crippen LogP contribution in [0, 0.1) is 0 Å². The van der Waals surface area contributed by atoms with Crippen molar-refractivity contribution in [3.8, 4) is 0 Å². The van der Waals surface area contributed by atoms with Crippen LogP contribution in [-0.2, 0) is 13.0 Å². The molecule has 1 N–H and O–H groups in total. The Labute approximate surface area is 124 Å². The highest BCUT2D eigenvalue weighted by atomic mass is 32.1. The van der Waals surface area contributed by atoms with Crippen LogP contribution in [0.4, 0.5) is 11.4 Å². The summed E-state index contributed by atoms with van der Waals surface area (Å²) in [6, 6.07) is 8.74. The number of nitrogens with zero attached hydrogens (tertiary/aromatic N) is 2. The molecule has 2 aromatic rings. The van der Waals surface area contributed by atoms with Crippen LogP contribution in [0.5, 0.6) is 0 Å². The van der Waals surface area contributed by atoms with Gasteiger partial charge in [-0.15, -0.1) is 11.3 Å². The maximum atomic E-state index is 4.40. The van der Waals surface area contributed by atoms with E-state index in [-0.39, 0.29) is 0 Å². The molecule has 3 nitrogen and oxygen atoms in total. The number of aryl methyl sites for hydroxylation is 1. The van der Waals surface area contributed by atoms with E-state index in [2.05, 4.69) is 46.4 Å². The van der Waals surface area contributed by atoms with Gasteiger partial charge < -0.3 is 10.2 Å². The van der Waals surface area contributed by atoms with E-state index in [4.69, 9.17) is 0 Å². The summed E-state index contributed by atoms with van der Waals surface area (Å²) in [5, 5.41) is 4.72. The molecule has 1 aromatic carbocycles. The highest BCUT2D eigenvalue weighted by Crippen LogP contribution is 2.24. The molecule has 1 aliphatic rings. The number of rotatable bonds is 5. The first-order chi connectivity index (χ1) is 9.85. The lowest BCUT2D eigenvalue weighted by Crippen LogP contribution is -2.17. The molecule has 0 radical (unpaired) electrons. The number of thiazole rings is 1. The van der Waals surface area contributed by atoms with Gasteiger partial charge in [-0.1, -0.05) is 13.0 Å². The molecule has 0 amide bonds. The normalized spacial score (nSPS) is 14.8. The third-order valence-electron chi connectivity index (χ3n) is 3.69. The number of anilines is 2. The van der Waals surface area contributed by atoms with Crippen molar-refractivity contribution in [2.45, 2.75) is 32.7 Å². The standard InChI is InChI=1S/C16H21N3S/c1-2-16-18-12-15(20-16)11-17-13-6-5-7-14(10-13)19-8-3-4-9-19/h5-7,10,12,17H,2-4,8-9,11H2,1H3. The second-order valence-electron chi connectivity index (χ2n) is 5.17. The maximum absolute atomic E-state index is 4.40. The quantitative estimate of drug-likeness (QED) is 0.903. The van der Waals surface area contributed by atoms with Gasteiger partial charge in [-0.25, -0.2) is 4.98 Å². The highest BCUT2D eigenvalue weighted by molar-refractivity contribution is 7.11. The Balaban J connectivity index is 1.63. The molecule has 0 unspecified atom stereocenters. The van der Waals surface area contributed by atoms with Gasteiger partial charge in [-0.2, -0.15) is 0 Å². The number of nitrogens with one attached hydrogen (secondary N) is 1. The molecule has 106 valence electrons. The van der Waals surface area contributed by atoms with Crippen LogP contribution in [-0.4, -0.2) is 18.1 Å². The van der Waals surface area contributed by atoms with Crippen molar-refractivity contribution >= 4 is 22.7 Å². The smallest absolute Gasteiger partial charge is 0.0925 e. The second kappa shape index (κ2) is 6.27. The summed E-state index contributed by atoms with van der Waals surface area (Å²) >= 11 is 1.80. The molecule has 1 fully saturated rings. The lowest BCUT2D eigenvalue weighted by atomic mass is 10.2. The van der Waals surface area contributed by atoms with Crippen LogP contribution < -0.4 is 10.2 Å². The number of benzene rings is 1. The van der Waals surface area contributed by atoms with Crippen LogP contribution in [0.25, 0.3) is 0 Å². The first-order valence-electron chi connectivity index (χ1n) is 7.37. The molecule has 20 heavy (non-hydrogen) atoms. The minimum Gasteiger partial charge on any atom is -0.380 e. The molecule has 0 bridgehead atoms. The number of hydrogen-bond acceptors (Lipinski definition) is 4. The first-order valence-corrected chi connectivity index (χ1v) is 8.19. The molecular weight excluding hydrogens is 266 g/mol. The predicted molar refractivity (Wildman–Crippen MR) is 86.7 cm³/mol. The van der Waals surface area contributed by atoms with E-state index in [1.54, 1.807) is 11.3 Å². The fourth-order valence-corrected chi connectivity index (χ4v) is 3.37. The Morgan fingerprint density at radius 2 is 2.15 bits per heavy atom. The van der Waals surface area contributed by atoms with Gasteiger partial charge in [0, 0.05) is 35.5 Å². The molecule has 3 rings (SSSR count). The Morgan fingerprint density at radius 1 is 1.30 bits per heavy atom.